The molecule has 0 unspecified atom stereocenters. The summed E-state index contributed by atoms with van der Waals surface area (Å²) in [6, 6.07) is 0. The third kappa shape index (κ3) is 4.79. The first-order valence-corrected chi connectivity index (χ1v) is 14.4. The van der Waals surface area contributed by atoms with Crippen molar-refractivity contribution in [2.24, 2.45) is 46.3 Å². The normalized spacial score (nSPS) is 47.2. The molecule has 3 nitrogen and oxygen atoms in total. The van der Waals surface area contributed by atoms with Gasteiger partial charge in [-0.15, -0.1) is 12.4 Å². The Morgan fingerprint density at radius 3 is 2.33 bits per heavy atom. The topological polar surface area (TPSA) is 26.7 Å². The minimum atomic E-state index is -0.0129. The third-order valence-electron chi connectivity index (χ3n) is 12.1. The van der Waals surface area contributed by atoms with Crippen LogP contribution in [-0.4, -0.2) is 60.8 Å². The summed E-state index contributed by atoms with van der Waals surface area (Å²) in [6.07, 6.45) is 15.1. The highest BCUT2D eigenvalue weighted by Crippen LogP contribution is 2.68. The smallest absolute Gasteiger partial charge is 0.0543 e. The number of hydrogen-bond donors (Lipinski definition) is 1. The third-order valence-corrected chi connectivity index (χ3v) is 12.1. The highest BCUT2D eigenvalue weighted by molar-refractivity contribution is 5.85. The van der Waals surface area contributed by atoms with Gasteiger partial charge in [-0.05, 0) is 131 Å². The summed E-state index contributed by atoms with van der Waals surface area (Å²) < 4.78 is 0. The van der Waals surface area contributed by atoms with Gasteiger partial charge in [0, 0.05) is 26.2 Å². The van der Waals surface area contributed by atoms with E-state index in [0.717, 1.165) is 48.3 Å². The van der Waals surface area contributed by atoms with E-state index < -0.39 is 0 Å². The van der Waals surface area contributed by atoms with Crippen LogP contribution in [0.5, 0.6) is 0 Å². The molecule has 4 heteroatoms. The SMILES string of the molecule is C[C@H](CCCN1CCN(C)CC1)[C@H]1CC[C@H]2[C@@H]3CC[C@@H]4C[C@H](O)CC[C@]4(C)[C@H]3CC[C@]12C.Cl. The van der Waals surface area contributed by atoms with Crippen LogP contribution < -0.4 is 0 Å². The van der Waals surface area contributed by atoms with E-state index in [2.05, 4.69) is 37.6 Å². The molecular formula is C29H53ClN2O. The Bertz CT molecular complexity index is 652. The van der Waals surface area contributed by atoms with E-state index in [4.69, 9.17) is 0 Å². The van der Waals surface area contributed by atoms with Crippen LogP contribution in [0.15, 0.2) is 0 Å². The van der Waals surface area contributed by atoms with E-state index in [1.165, 1.54) is 90.5 Å². The highest BCUT2D eigenvalue weighted by Gasteiger charge is 2.60. The number of fused-ring (bicyclic) bond motifs is 5. The lowest BCUT2D eigenvalue weighted by molar-refractivity contribution is -0.129. The van der Waals surface area contributed by atoms with Gasteiger partial charge in [-0.2, -0.15) is 0 Å². The fraction of sp³-hybridized carbons (Fsp3) is 1.00. The Morgan fingerprint density at radius 1 is 0.879 bits per heavy atom. The summed E-state index contributed by atoms with van der Waals surface area (Å²) in [4.78, 5) is 5.18. The monoisotopic (exact) mass is 480 g/mol. The quantitative estimate of drug-likeness (QED) is 0.515. The molecule has 9 atom stereocenters. The average Bonchev–Trinajstić information content (AvgIpc) is 3.13. The van der Waals surface area contributed by atoms with Crippen molar-refractivity contribution in [3.8, 4) is 0 Å². The van der Waals surface area contributed by atoms with Crippen molar-refractivity contribution < 1.29 is 5.11 Å². The van der Waals surface area contributed by atoms with E-state index in [-0.39, 0.29) is 18.5 Å². The fourth-order valence-electron chi connectivity index (χ4n) is 10.1. The predicted molar refractivity (Wildman–Crippen MR) is 141 cm³/mol. The second kappa shape index (κ2) is 10.3. The largest absolute Gasteiger partial charge is 0.393 e. The minimum absolute atomic E-state index is 0. The van der Waals surface area contributed by atoms with Crippen LogP contribution in [0, 0.1) is 46.3 Å². The van der Waals surface area contributed by atoms with Crippen LogP contribution in [0.2, 0.25) is 0 Å². The summed E-state index contributed by atoms with van der Waals surface area (Å²) in [7, 11) is 2.26. The molecule has 1 N–H and O–H groups in total. The number of halogens is 1. The first kappa shape index (κ1) is 26.2. The molecule has 5 fully saturated rings. The zero-order valence-electron chi connectivity index (χ0n) is 22.1. The molecule has 0 spiro atoms. The van der Waals surface area contributed by atoms with Crippen LogP contribution in [0.1, 0.15) is 91.4 Å². The fourth-order valence-corrected chi connectivity index (χ4v) is 10.1. The molecule has 0 aromatic heterocycles. The average molecular weight is 481 g/mol. The summed E-state index contributed by atoms with van der Waals surface area (Å²) in [6.45, 7) is 14.3. The van der Waals surface area contributed by atoms with Crippen molar-refractivity contribution in [1.82, 2.24) is 9.80 Å². The van der Waals surface area contributed by atoms with E-state index in [9.17, 15) is 5.11 Å². The van der Waals surface area contributed by atoms with Crippen molar-refractivity contribution in [1.29, 1.82) is 0 Å². The van der Waals surface area contributed by atoms with Crippen molar-refractivity contribution >= 4 is 12.4 Å². The maximum absolute atomic E-state index is 10.3. The number of aliphatic hydroxyl groups is 1. The Kier molecular flexibility index (Phi) is 8.16. The summed E-state index contributed by atoms with van der Waals surface area (Å²) in [5, 5.41) is 10.3. The van der Waals surface area contributed by atoms with Gasteiger partial charge in [-0.3, -0.25) is 0 Å². The molecule has 5 rings (SSSR count). The first-order chi connectivity index (χ1) is 15.3. The molecule has 0 radical (unpaired) electrons. The van der Waals surface area contributed by atoms with Gasteiger partial charge < -0.3 is 14.9 Å². The van der Waals surface area contributed by atoms with Gasteiger partial charge in [0.25, 0.3) is 0 Å². The molecular weight excluding hydrogens is 428 g/mol. The Balaban J connectivity index is 0.00000259. The summed E-state index contributed by atoms with van der Waals surface area (Å²) in [5.74, 6) is 5.55. The van der Waals surface area contributed by atoms with Gasteiger partial charge in [-0.25, -0.2) is 0 Å². The van der Waals surface area contributed by atoms with Crippen LogP contribution in [0.3, 0.4) is 0 Å². The number of nitrogens with zero attached hydrogens (tertiary/aromatic N) is 2. The molecule has 0 aromatic carbocycles. The molecule has 1 heterocycles. The van der Waals surface area contributed by atoms with E-state index in [1.54, 1.807) is 0 Å². The second-order valence-corrected chi connectivity index (χ2v) is 13.6. The minimum Gasteiger partial charge on any atom is -0.393 e. The van der Waals surface area contributed by atoms with Crippen LogP contribution in [0.4, 0.5) is 0 Å². The molecule has 0 amide bonds. The molecule has 1 saturated heterocycles. The molecule has 5 aliphatic rings. The van der Waals surface area contributed by atoms with Gasteiger partial charge in [0.05, 0.1) is 6.10 Å². The van der Waals surface area contributed by atoms with Gasteiger partial charge >= 0.3 is 0 Å². The first-order valence-electron chi connectivity index (χ1n) is 14.4. The van der Waals surface area contributed by atoms with Crippen LogP contribution in [-0.2, 0) is 0 Å². The zero-order valence-corrected chi connectivity index (χ0v) is 22.9. The number of hydrogen-bond acceptors (Lipinski definition) is 3. The number of likely N-dealkylation sites (N-methyl/N-ethyl adjacent to an activating group) is 1. The van der Waals surface area contributed by atoms with Crippen molar-refractivity contribution in [2.45, 2.75) is 97.5 Å². The molecule has 0 bridgehead atoms. The van der Waals surface area contributed by atoms with Crippen molar-refractivity contribution in [3.05, 3.63) is 0 Å². The zero-order chi connectivity index (χ0) is 22.5. The predicted octanol–water partition coefficient (Wildman–Crippen LogP) is 6.09. The summed E-state index contributed by atoms with van der Waals surface area (Å²) >= 11 is 0. The Hall–Kier alpha value is 0.170. The summed E-state index contributed by atoms with van der Waals surface area (Å²) in [5.41, 5.74) is 1.13. The standard InChI is InChI=1S/C29H52N2O.ClH/c1-21(6-5-15-31-18-16-30(4)17-19-31)25-9-10-26-24-8-7-22-20-23(32)11-13-28(22,2)27(24)12-14-29(25,26)3;/h21-27,32H,5-20H2,1-4H3;1H/t21-,22-,23-,24+,25-,26+,27+,28+,29-;/m1./s1. The number of aliphatic hydroxyl groups excluding tert-OH is 1. The lowest BCUT2D eigenvalue weighted by Crippen LogP contribution is -2.54. The van der Waals surface area contributed by atoms with E-state index in [0.29, 0.717) is 10.8 Å². The van der Waals surface area contributed by atoms with Crippen molar-refractivity contribution in [3.63, 3.8) is 0 Å². The lowest BCUT2D eigenvalue weighted by Gasteiger charge is -2.61. The van der Waals surface area contributed by atoms with E-state index >= 15 is 0 Å². The maximum Gasteiger partial charge on any atom is 0.0543 e. The van der Waals surface area contributed by atoms with E-state index in [1.807, 2.05) is 0 Å². The van der Waals surface area contributed by atoms with Gasteiger partial charge in [-0.1, -0.05) is 20.8 Å². The Labute approximate surface area is 210 Å². The molecule has 4 saturated carbocycles. The van der Waals surface area contributed by atoms with Crippen molar-refractivity contribution in [2.75, 3.05) is 39.8 Å². The van der Waals surface area contributed by atoms with Crippen LogP contribution in [0.25, 0.3) is 0 Å². The Morgan fingerprint density at radius 2 is 1.58 bits per heavy atom. The molecule has 1 aliphatic heterocycles. The van der Waals surface area contributed by atoms with Gasteiger partial charge in [0.15, 0.2) is 0 Å². The molecule has 33 heavy (non-hydrogen) atoms. The number of rotatable bonds is 5. The lowest BCUT2D eigenvalue weighted by atomic mass is 9.44. The van der Waals surface area contributed by atoms with Crippen LogP contribution >= 0.6 is 12.4 Å². The number of piperazine rings is 1. The second-order valence-electron chi connectivity index (χ2n) is 13.6. The van der Waals surface area contributed by atoms with Gasteiger partial charge in [0.2, 0.25) is 0 Å². The molecule has 192 valence electrons. The molecule has 4 aliphatic carbocycles. The highest BCUT2D eigenvalue weighted by atomic mass is 35.5. The maximum atomic E-state index is 10.3. The molecule has 0 aromatic rings. The van der Waals surface area contributed by atoms with Gasteiger partial charge in [0.1, 0.15) is 0 Å².